The van der Waals surface area contributed by atoms with Crippen LogP contribution in [0.25, 0.3) is 16.9 Å². The third-order valence-corrected chi connectivity index (χ3v) is 4.55. The van der Waals surface area contributed by atoms with Gasteiger partial charge in [-0.2, -0.15) is 0 Å². The number of fused-ring (bicyclic) bond motifs is 5. The van der Waals surface area contributed by atoms with Crippen molar-refractivity contribution in [2.24, 2.45) is 0 Å². The summed E-state index contributed by atoms with van der Waals surface area (Å²) in [4.78, 5) is 25.8. The van der Waals surface area contributed by atoms with Crippen molar-refractivity contribution in [1.29, 1.82) is 0 Å². The largest absolute Gasteiger partial charge is 0.461 e. The van der Waals surface area contributed by atoms with Crippen molar-refractivity contribution < 1.29 is 9.53 Å². The lowest BCUT2D eigenvalue weighted by molar-refractivity contribution is 0.0518. The normalized spacial score (nSPS) is 11.9. The van der Waals surface area contributed by atoms with Crippen LogP contribution in [0.1, 0.15) is 47.8 Å². The highest BCUT2D eigenvalue weighted by Crippen LogP contribution is 2.35. The van der Waals surface area contributed by atoms with Crippen molar-refractivity contribution in [2.75, 3.05) is 6.61 Å². The zero-order valence-electron chi connectivity index (χ0n) is 14.9. The van der Waals surface area contributed by atoms with Crippen LogP contribution in [0.5, 0.6) is 0 Å². The first-order valence-electron chi connectivity index (χ1n) is 8.90. The van der Waals surface area contributed by atoms with Crippen LogP contribution in [0.4, 0.5) is 0 Å². The zero-order chi connectivity index (χ0) is 18.1. The number of aromatic nitrogens is 4. The number of hydrogen-bond donors (Lipinski definition) is 0. The highest BCUT2D eigenvalue weighted by Gasteiger charge is 2.27. The monoisotopic (exact) mass is 348 g/mol. The van der Waals surface area contributed by atoms with Crippen molar-refractivity contribution in [3.05, 3.63) is 59.6 Å². The van der Waals surface area contributed by atoms with Crippen LogP contribution in [0.15, 0.2) is 36.8 Å². The summed E-state index contributed by atoms with van der Waals surface area (Å²) in [5, 5.41) is 0. The van der Waals surface area contributed by atoms with Gasteiger partial charge in [0.05, 0.1) is 18.0 Å². The molecule has 4 rings (SSSR count). The highest BCUT2D eigenvalue weighted by molar-refractivity contribution is 5.92. The molecular formula is C20H20N4O2. The average molecular weight is 348 g/mol. The summed E-state index contributed by atoms with van der Waals surface area (Å²) in [6.07, 6.45) is 5.77. The number of ether oxygens (including phenoxy) is 1. The van der Waals surface area contributed by atoms with Gasteiger partial charge < -0.3 is 4.74 Å². The van der Waals surface area contributed by atoms with Crippen molar-refractivity contribution in [1.82, 2.24) is 19.5 Å². The van der Waals surface area contributed by atoms with Gasteiger partial charge in [-0.15, -0.1) is 0 Å². The SMILES string of the molecule is CCCc1ncc2n1-c1ccccc1-c1ncnc(C(=O)OCC)c1C2. The molecule has 1 aliphatic heterocycles. The molecule has 0 saturated heterocycles. The summed E-state index contributed by atoms with van der Waals surface area (Å²) in [6.45, 7) is 4.25. The van der Waals surface area contributed by atoms with Crippen molar-refractivity contribution >= 4 is 5.97 Å². The number of carbonyl (C=O) groups is 1. The van der Waals surface area contributed by atoms with Gasteiger partial charge in [-0.1, -0.05) is 25.1 Å². The Kier molecular flexibility index (Phi) is 4.24. The Bertz CT molecular complexity index is 978. The molecule has 132 valence electrons. The van der Waals surface area contributed by atoms with Crippen molar-refractivity contribution in [2.45, 2.75) is 33.1 Å². The van der Waals surface area contributed by atoms with Gasteiger partial charge in [0.2, 0.25) is 0 Å². The van der Waals surface area contributed by atoms with Crippen LogP contribution >= 0.6 is 0 Å². The second-order valence-corrected chi connectivity index (χ2v) is 6.22. The summed E-state index contributed by atoms with van der Waals surface area (Å²) >= 11 is 0. The van der Waals surface area contributed by atoms with Crippen LogP contribution < -0.4 is 0 Å². The number of carbonyl (C=O) groups excluding carboxylic acids is 1. The lowest BCUT2D eigenvalue weighted by Crippen LogP contribution is -2.12. The molecule has 0 N–H and O–H groups in total. The number of benzene rings is 1. The maximum atomic E-state index is 12.4. The standard InChI is InChI=1S/C20H20N4O2/c1-3-7-17-21-11-13-10-15-18(14-8-5-6-9-16(14)24(13)17)22-12-23-19(15)20(25)26-4-2/h5-6,8-9,11-12H,3-4,7,10H2,1-2H3. The van der Waals surface area contributed by atoms with Crippen LogP contribution in [-0.4, -0.2) is 32.1 Å². The second-order valence-electron chi connectivity index (χ2n) is 6.22. The van der Waals surface area contributed by atoms with E-state index in [0.29, 0.717) is 18.7 Å². The minimum absolute atomic E-state index is 0.312. The summed E-state index contributed by atoms with van der Waals surface area (Å²) in [5.74, 6) is 0.610. The van der Waals surface area contributed by atoms with Crippen LogP contribution in [0.3, 0.4) is 0 Å². The lowest BCUT2D eigenvalue weighted by atomic mass is 10.0. The summed E-state index contributed by atoms with van der Waals surface area (Å²) in [5.41, 5.74) is 4.95. The molecule has 6 heteroatoms. The van der Waals surface area contributed by atoms with Gasteiger partial charge in [-0.05, 0) is 19.4 Å². The fourth-order valence-corrected chi connectivity index (χ4v) is 3.49. The molecule has 0 unspecified atom stereocenters. The van der Waals surface area contributed by atoms with E-state index in [2.05, 4.69) is 32.5 Å². The molecule has 3 aromatic rings. The Labute approximate surface area is 151 Å². The Balaban J connectivity index is 1.98. The number of nitrogens with zero attached hydrogens (tertiary/aromatic N) is 4. The summed E-state index contributed by atoms with van der Waals surface area (Å²) in [6, 6.07) is 8.09. The smallest absolute Gasteiger partial charge is 0.357 e. The molecule has 26 heavy (non-hydrogen) atoms. The van der Waals surface area contributed by atoms with Gasteiger partial charge >= 0.3 is 5.97 Å². The topological polar surface area (TPSA) is 69.9 Å². The number of rotatable bonds is 4. The third-order valence-electron chi connectivity index (χ3n) is 4.55. The third kappa shape index (κ3) is 2.58. The van der Waals surface area contributed by atoms with Gasteiger partial charge in [0.15, 0.2) is 5.69 Å². The van der Waals surface area contributed by atoms with Crippen LogP contribution in [0.2, 0.25) is 0 Å². The van der Waals surface area contributed by atoms with E-state index in [-0.39, 0.29) is 0 Å². The molecule has 0 radical (unpaired) electrons. The fraction of sp³-hybridized carbons (Fsp3) is 0.300. The zero-order valence-corrected chi connectivity index (χ0v) is 14.9. The molecule has 0 fully saturated rings. The van der Waals surface area contributed by atoms with E-state index in [4.69, 9.17) is 4.74 Å². The maximum Gasteiger partial charge on any atom is 0.357 e. The molecular weight excluding hydrogens is 328 g/mol. The second kappa shape index (κ2) is 6.71. The van der Waals surface area contributed by atoms with E-state index < -0.39 is 5.97 Å². The van der Waals surface area contributed by atoms with E-state index in [0.717, 1.165) is 46.9 Å². The van der Waals surface area contributed by atoms with Crippen molar-refractivity contribution in [3.8, 4) is 16.9 Å². The van der Waals surface area contributed by atoms with E-state index >= 15 is 0 Å². The first-order valence-corrected chi connectivity index (χ1v) is 8.90. The Hall–Kier alpha value is -3.02. The average Bonchev–Trinajstić information content (AvgIpc) is 2.98. The van der Waals surface area contributed by atoms with Gasteiger partial charge in [-0.25, -0.2) is 19.7 Å². The number of aryl methyl sites for hydroxylation is 1. The first kappa shape index (κ1) is 16.4. The van der Waals surface area contributed by atoms with Gasteiger partial charge in [-0.3, -0.25) is 4.57 Å². The Morgan fingerprint density at radius 3 is 2.85 bits per heavy atom. The predicted octanol–water partition coefficient (Wildman–Crippen LogP) is 3.36. The molecule has 1 aromatic carbocycles. The van der Waals surface area contributed by atoms with Crippen LogP contribution in [0, 0.1) is 0 Å². The molecule has 3 heterocycles. The van der Waals surface area contributed by atoms with E-state index in [9.17, 15) is 4.79 Å². The number of para-hydroxylation sites is 1. The van der Waals surface area contributed by atoms with Gasteiger partial charge in [0, 0.05) is 35.9 Å². The van der Waals surface area contributed by atoms with Crippen molar-refractivity contribution in [3.63, 3.8) is 0 Å². The summed E-state index contributed by atoms with van der Waals surface area (Å²) < 4.78 is 7.39. The minimum atomic E-state index is -0.412. The van der Waals surface area contributed by atoms with E-state index in [1.54, 1.807) is 6.92 Å². The molecule has 0 bridgehead atoms. The minimum Gasteiger partial charge on any atom is -0.461 e. The fourth-order valence-electron chi connectivity index (χ4n) is 3.49. The number of imidazole rings is 1. The van der Waals surface area contributed by atoms with Gasteiger partial charge in [0.25, 0.3) is 0 Å². The quantitative estimate of drug-likeness (QED) is 0.529. The van der Waals surface area contributed by atoms with Gasteiger partial charge in [0.1, 0.15) is 12.2 Å². The molecule has 0 saturated carbocycles. The molecule has 0 atom stereocenters. The predicted molar refractivity (Wildman–Crippen MR) is 97.3 cm³/mol. The molecule has 0 amide bonds. The molecule has 1 aliphatic rings. The highest BCUT2D eigenvalue weighted by atomic mass is 16.5. The number of esters is 1. The number of hydrogen-bond acceptors (Lipinski definition) is 5. The Morgan fingerprint density at radius 2 is 2.04 bits per heavy atom. The Morgan fingerprint density at radius 1 is 1.19 bits per heavy atom. The van der Waals surface area contributed by atoms with E-state index in [1.807, 2.05) is 24.4 Å². The van der Waals surface area contributed by atoms with Crippen LogP contribution in [-0.2, 0) is 17.6 Å². The van der Waals surface area contributed by atoms with E-state index in [1.165, 1.54) is 6.33 Å². The molecule has 6 nitrogen and oxygen atoms in total. The maximum absolute atomic E-state index is 12.4. The molecule has 2 aromatic heterocycles. The molecule has 0 aliphatic carbocycles. The first-order chi connectivity index (χ1) is 12.7. The lowest BCUT2D eigenvalue weighted by Gasteiger charge is -2.12. The summed E-state index contributed by atoms with van der Waals surface area (Å²) in [7, 11) is 0. The molecule has 0 spiro atoms.